The maximum Gasteiger partial charge on any atom is 0.409 e. The van der Waals surface area contributed by atoms with Crippen molar-refractivity contribution in [3.63, 3.8) is 0 Å². The number of hydrogen-bond donors (Lipinski definition) is 1. The summed E-state index contributed by atoms with van der Waals surface area (Å²) in [5.41, 5.74) is 7.27. The molecule has 3 nitrogen and oxygen atoms in total. The van der Waals surface area contributed by atoms with Crippen LogP contribution in [0.2, 0.25) is 10.0 Å². The molecule has 2 aromatic rings. The van der Waals surface area contributed by atoms with Crippen molar-refractivity contribution in [2.45, 2.75) is 23.9 Å². The van der Waals surface area contributed by atoms with Crippen molar-refractivity contribution in [2.24, 2.45) is 10.1 Å². The minimum Gasteiger partial charge on any atom is -0.496 e. The van der Waals surface area contributed by atoms with Gasteiger partial charge in [0.2, 0.25) is 0 Å². The Morgan fingerprint density at radius 3 is 2.41 bits per heavy atom. The van der Waals surface area contributed by atoms with Gasteiger partial charge >= 0.3 is 6.18 Å². The molecule has 0 bridgehead atoms. The average Bonchev–Trinajstić information content (AvgIpc) is 3.07. The topological polar surface area (TPSA) is 47.6 Å². The van der Waals surface area contributed by atoms with Gasteiger partial charge < -0.3 is 10.5 Å². The Morgan fingerprint density at radius 1 is 1.19 bits per heavy atom. The highest BCUT2D eigenvalue weighted by atomic mass is 35.5. The lowest BCUT2D eigenvalue weighted by atomic mass is 9.89. The van der Waals surface area contributed by atoms with E-state index in [1.165, 1.54) is 25.3 Å². The maximum atomic E-state index is 14.1. The largest absolute Gasteiger partial charge is 0.496 e. The molecule has 27 heavy (non-hydrogen) atoms. The minimum absolute atomic E-state index is 0.0242. The lowest BCUT2D eigenvalue weighted by Crippen LogP contribution is -2.38. The minimum atomic E-state index is -4.56. The van der Waals surface area contributed by atoms with Gasteiger partial charge in [0, 0.05) is 28.6 Å². The molecular formula is C18H15Cl2F3N2OS. The predicted molar refractivity (Wildman–Crippen MR) is 104 cm³/mol. The number of ether oxygens (including phenoxy) is 1. The van der Waals surface area contributed by atoms with Crippen LogP contribution in [-0.2, 0) is 11.3 Å². The normalized spacial score (nSPS) is 19.9. The summed E-state index contributed by atoms with van der Waals surface area (Å²) in [6, 6.07) is 9.02. The molecule has 0 radical (unpaired) electrons. The highest BCUT2D eigenvalue weighted by Crippen LogP contribution is 2.57. The second-order valence-corrected chi connectivity index (χ2v) is 7.95. The first-order valence-corrected chi connectivity index (χ1v) is 9.39. The van der Waals surface area contributed by atoms with Crippen molar-refractivity contribution in [2.75, 3.05) is 7.11 Å². The van der Waals surface area contributed by atoms with Crippen LogP contribution in [0.25, 0.3) is 0 Å². The fourth-order valence-corrected chi connectivity index (χ4v) is 4.45. The third-order valence-corrected chi connectivity index (χ3v) is 6.02. The van der Waals surface area contributed by atoms with Crippen molar-refractivity contribution in [3.8, 4) is 5.75 Å². The molecular weight excluding hydrogens is 420 g/mol. The SMILES string of the molecule is COc1ccc(C2=NSC(c3cc(Cl)cc(Cl)c3)(C(F)(F)F)C2)cc1CN. The van der Waals surface area contributed by atoms with Crippen LogP contribution < -0.4 is 10.5 Å². The zero-order chi connectivity index (χ0) is 19.8. The molecule has 2 aromatic carbocycles. The number of halogens is 5. The fraction of sp³-hybridized carbons (Fsp3) is 0.278. The standard InChI is InChI=1S/C18H15Cl2F3N2OS/c1-26-16-3-2-10(4-11(16)9-24)15-8-17(27-25-15,18(21,22)23)12-5-13(19)7-14(20)6-12/h2-7H,8-9,24H2,1H3. The van der Waals surface area contributed by atoms with E-state index in [-0.39, 0.29) is 28.6 Å². The lowest BCUT2D eigenvalue weighted by molar-refractivity contribution is -0.159. The number of alkyl halides is 3. The van der Waals surface area contributed by atoms with Crippen LogP contribution in [0.1, 0.15) is 23.1 Å². The van der Waals surface area contributed by atoms with Crippen molar-refractivity contribution in [3.05, 3.63) is 63.1 Å². The molecule has 3 rings (SSSR count). The molecule has 0 spiro atoms. The number of nitrogens with zero attached hydrogens (tertiary/aromatic N) is 1. The van der Waals surface area contributed by atoms with E-state index in [2.05, 4.69) is 4.40 Å². The second kappa shape index (κ2) is 7.54. The Bertz CT molecular complexity index is 884. The van der Waals surface area contributed by atoms with Crippen LogP contribution in [0, 0.1) is 0 Å². The molecule has 1 unspecified atom stereocenters. The Labute approximate surface area is 168 Å². The van der Waals surface area contributed by atoms with Crippen LogP contribution in [0.3, 0.4) is 0 Å². The third kappa shape index (κ3) is 3.78. The van der Waals surface area contributed by atoms with E-state index in [9.17, 15) is 13.2 Å². The van der Waals surface area contributed by atoms with Gasteiger partial charge in [0.1, 0.15) is 5.75 Å². The van der Waals surface area contributed by atoms with Crippen molar-refractivity contribution >= 4 is 40.9 Å². The summed E-state index contributed by atoms with van der Waals surface area (Å²) >= 11 is 12.4. The van der Waals surface area contributed by atoms with Crippen molar-refractivity contribution in [1.82, 2.24) is 0 Å². The van der Waals surface area contributed by atoms with Gasteiger partial charge in [-0.25, -0.2) is 4.40 Å². The van der Waals surface area contributed by atoms with E-state index in [1.807, 2.05) is 0 Å². The number of rotatable bonds is 4. The van der Waals surface area contributed by atoms with Crippen LogP contribution in [0.15, 0.2) is 40.8 Å². The highest BCUT2D eigenvalue weighted by molar-refractivity contribution is 7.99. The monoisotopic (exact) mass is 434 g/mol. The Hall–Kier alpha value is -1.41. The summed E-state index contributed by atoms with van der Waals surface area (Å²) < 4.78 is 49.4. The summed E-state index contributed by atoms with van der Waals surface area (Å²) in [7, 11) is 1.51. The predicted octanol–water partition coefficient (Wildman–Crippen LogP) is 5.76. The first kappa shape index (κ1) is 20.3. The summed E-state index contributed by atoms with van der Waals surface area (Å²) in [6.45, 7) is 0.200. The summed E-state index contributed by atoms with van der Waals surface area (Å²) in [6.07, 6.45) is -4.89. The van der Waals surface area contributed by atoms with Crippen LogP contribution >= 0.6 is 35.1 Å². The van der Waals surface area contributed by atoms with E-state index < -0.39 is 10.9 Å². The molecule has 0 saturated carbocycles. The molecule has 1 aliphatic rings. The first-order valence-electron chi connectivity index (χ1n) is 7.86. The Morgan fingerprint density at radius 2 is 1.85 bits per heavy atom. The lowest BCUT2D eigenvalue weighted by Gasteiger charge is -2.30. The molecule has 0 saturated heterocycles. The summed E-state index contributed by atoms with van der Waals surface area (Å²) in [5.74, 6) is 0.580. The number of nitrogens with two attached hydrogens (primary N) is 1. The Balaban J connectivity index is 2.02. The van der Waals surface area contributed by atoms with Gasteiger partial charge in [0.25, 0.3) is 0 Å². The molecule has 0 aromatic heterocycles. The zero-order valence-electron chi connectivity index (χ0n) is 14.1. The summed E-state index contributed by atoms with van der Waals surface area (Å²) in [4.78, 5) is 0. The Kier molecular flexibility index (Phi) is 5.68. The number of benzene rings is 2. The molecule has 144 valence electrons. The van der Waals surface area contributed by atoms with E-state index in [1.54, 1.807) is 18.2 Å². The van der Waals surface area contributed by atoms with Gasteiger partial charge in [-0.05, 0) is 59.5 Å². The van der Waals surface area contributed by atoms with Crippen LogP contribution in [-0.4, -0.2) is 19.0 Å². The van der Waals surface area contributed by atoms with E-state index in [0.29, 0.717) is 34.5 Å². The maximum absolute atomic E-state index is 14.1. The molecule has 0 amide bonds. The number of methoxy groups -OCH3 is 1. The molecule has 2 N–H and O–H groups in total. The zero-order valence-corrected chi connectivity index (χ0v) is 16.4. The van der Waals surface area contributed by atoms with Crippen LogP contribution in [0.4, 0.5) is 13.2 Å². The summed E-state index contributed by atoms with van der Waals surface area (Å²) in [5, 5.41) is 0.287. The van der Waals surface area contributed by atoms with Gasteiger partial charge in [-0.1, -0.05) is 23.2 Å². The molecule has 0 aliphatic carbocycles. The van der Waals surface area contributed by atoms with Crippen molar-refractivity contribution in [1.29, 1.82) is 0 Å². The van der Waals surface area contributed by atoms with Gasteiger partial charge in [0.05, 0.1) is 12.8 Å². The molecule has 1 heterocycles. The molecule has 0 fully saturated rings. The van der Waals surface area contributed by atoms with Crippen molar-refractivity contribution < 1.29 is 17.9 Å². The average molecular weight is 435 g/mol. The first-order chi connectivity index (χ1) is 12.7. The van der Waals surface area contributed by atoms with Crippen LogP contribution in [0.5, 0.6) is 5.75 Å². The third-order valence-electron chi connectivity index (χ3n) is 4.35. The molecule has 1 atom stereocenters. The van der Waals surface area contributed by atoms with Gasteiger partial charge in [0.15, 0.2) is 4.75 Å². The van der Waals surface area contributed by atoms with E-state index in [0.717, 1.165) is 0 Å². The second-order valence-electron chi connectivity index (χ2n) is 6.02. The van der Waals surface area contributed by atoms with Gasteiger partial charge in [-0.2, -0.15) is 13.2 Å². The van der Waals surface area contributed by atoms with E-state index in [4.69, 9.17) is 33.7 Å². The van der Waals surface area contributed by atoms with Gasteiger partial charge in [-0.15, -0.1) is 0 Å². The molecule has 9 heteroatoms. The van der Waals surface area contributed by atoms with E-state index >= 15 is 0 Å². The quantitative estimate of drug-likeness (QED) is 0.622. The fourth-order valence-electron chi connectivity index (χ4n) is 2.96. The molecule has 1 aliphatic heterocycles. The highest BCUT2D eigenvalue weighted by Gasteiger charge is 2.60. The smallest absolute Gasteiger partial charge is 0.409 e. The number of hydrogen-bond acceptors (Lipinski definition) is 4. The van der Waals surface area contributed by atoms with Gasteiger partial charge in [-0.3, -0.25) is 0 Å².